The molecule has 0 saturated carbocycles. The molecule has 29 heavy (non-hydrogen) atoms. The van der Waals surface area contributed by atoms with Gasteiger partial charge in [0, 0.05) is 32.1 Å². The van der Waals surface area contributed by atoms with Crippen LogP contribution < -0.4 is 10.6 Å². The largest absolute Gasteiger partial charge is 0.352 e. The summed E-state index contributed by atoms with van der Waals surface area (Å²) in [6.45, 7) is 3.23. The zero-order valence-corrected chi connectivity index (χ0v) is 18.8. The molecule has 3 rings (SSSR count). The van der Waals surface area contributed by atoms with Gasteiger partial charge in [-0.1, -0.05) is 36.3 Å². The van der Waals surface area contributed by atoms with Crippen molar-refractivity contribution in [2.45, 2.75) is 32.9 Å². The summed E-state index contributed by atoms with van der Waals surface area (Å²) >= 11 is 0. The van der Waals surface area contributed by atoms with Crippen LogP contribution in [0, 0.1) is 5.82 Å². The third-order valence-corrected chi connectivity index (χ3v) is 4.17. The molecule has 2 aromatic carbocycles. The van der Waals surface area contributed by atoms with Crippen LogP contribution in [0.25, 0.3) is 11.5 Å². The van der Waals surface area contributed by atoms with E-state index in [0.717, 1.165) is 35.4 Å². The Morgan fingerprint density at radius 2 is 1.79 bits per heavy atom. The maximum atomic E-state index is 13.0. The topological polar surface area (TPSA) is 75.3 Å². The Morgan fingerprint density at radius 3 is 2.48 bits per heavy atom. The van der Waals surface area contributed by atoms with Crippen LogP contribution >= 0.6 is 24.0 Å². The summed E-state index contributed by atoms with van der Waals surface area (Å²) in [5, 5.41) is 10.5. The monoisotopic (exact) mass is 509 g/mol. The van der Waals surface area contributed by atoms with Crippen LogP contribution in [0.2, 0.25) is 0 Å². The average Bonchev–Trinajstić information content (AvgIpc) is 3.19. The predicted octanol–water partition coefficient (Wildman–Crippen LogP) is 4.31. The van der Waals surface area contributed by atoms with Crippen molar-refractivity contribution in [2.24, 2.45) is 4.99 Å². The number of halogens is 2. The van der Waals surface area contributed by atoms with E-state index in [1.807, 2.05) is 24.3 Å². The van der Waals surface area contributed by atoms with E-state index in [2.05, 4.69) is 32.7 Å². The van der Waals surface area contributed by atoms with Crippen molar-refractivity contribution < 1.29 is 8.91 Å². The zero-order valence-electron chi connectivity index (χ0n) is 16.5. The van der Waals surface area contributed by atoms with E-state index in [9.17, 15) is 4.39 Å². The molecule has 0 fully saturated rings. The van der Waals surface area contributed by atoms with E-state index >= 15 is 0 Å². The quantitative estimate of drug-likeness (QED) is 0.282. The summed E-state index contributed by atoms with van der Waals surface area (Å²) in [4.78, 5) is 8.65. The molecule has 0 saturated heterocycles. The van der Waals surface area contributed by atoms with Crippen molar-refractivity contribution in [3.05, 3.63) is 71.3 Å². The Bertz CT molecular complexity index is 927. The second kappa shape index (κ2) is 11.5. The lowest BCUT2D eigenvalue weighted by molar-refractivity contribution is 0.422. The van der Waals surface area contributed by atoms with E-state index in [1.165, 1.54) is 12.1 Å². The first-order valence-corrected chi connectivity index (χ1v) is 9.28. The average molecular weight is 509 g/mol. The van der Waals surface area contributed by atoms with Crippen LogP contribution in [-0.4, -0.2) is 23.1 Å². The summed E-state index contributed by atoms with van der Waals surface area (Å²) in [5.41, 5.74) is 2.94. The molecule has 0 aliphatic heterocycles. The van der Waals surface area contributed by atoms with Crippen LogP contribution in [0.4, 0.5) is 4.39 Å². The maximum Gasteiger partial charge on any atom is 0.257 e. The lowest BCUT2D eigenvalue weighted by Crippen LogP contribution is -2.36. The summed E-state index contributed by atoms with van der Waals surface area (Å²) in [6.07, 6.45) is 1.79. The van der Waals surface area contributed by atoms with Crippen molar-refractivity contribution in [1.82, 2.24) is 20.8 Å². The number of aryl methyl sites for hydroxylation is 1. The normalized spacial score (nSPS) is 11.1. The second-order valence-electron chi connectivity index (χ2n) is 6.37. The highest BCUT2D eigenvalue weighted by Gasteiger charge is 2.09. The molecule has 0 amide bonds. The van der Waals surface area contributed by atoms with Crippen molar-refractivity contribution in [2.75, 3.05) is 7.05 Å². The number of benzene rings is 2. The molecule has 3 aromatic rings. The number of aromatic nitrogens is 2. The van der Waals surface area contributed by atoms with Gasteiger partial charge in [-0.15, -0.1) is 24.0 Å². The molecular weight excluding hydrogens is 484 g/mol. The van der Waals surface area contributed by atoms with Gasteiger partial charge >= 0.3 is 0 Å². The molecule has 0 bridgehead atoms. The zero-order chi connectivity index (χ0) is 19.8. The van der Waals surface area contributed by atoms with Crippen LogP contribution in [0.3, 0.4) is 0 Å². The van der Waals surface area contributed by atoms with Gasteiger partial charge in [-0.3, -0.25) is 4.99 Å². The highest BCUT2D eigenvalue weighted by Crippen LogP contribution is 2.19. The van der Waals surface area contributed by atoms with Crippen LogP contribution in [-0.2, 0) is 19.5 Å². The molecule has 1 aromatic heterocycles. The lowest BCUT2D eigenvalue weighted by atomic mass is 10.1. The maximum absolute atomic E-state index is 13.0. The van der Waals surface area contributed by atoms with Crippen LogP contribution in [0.15, 0.2) is 58.0 Å². The fraction of sp³-hybridized carbons (Fsp3) is 0.286. The number of hydrogen-bond donors (Lipinski definition) is 2. The molecule has 0 aliphatic rings. The standard InChI is InChI=1S/C21H24FN5O.HI/c1-3-5-19-26-20(28-27-19)17-7-4-6-16(12-17)14-25-21(23-2)24-13-15-8-10-18(22)11-9-15;/h4,6-12H,3,5,13-14H2,1-2H3,(H2,23,24,25);1H. The van der Waals surface area contributed by atoms with Crippen molar-refractivity contribution in [3.8, 4) is 11.5 Å². The predicted molar refractivity (Wildman–Crippen MR) is 123 cm³/mol. The SMILES string of the molecule is CCCc1noc(-c2cccc(CNC(=NC)NCc3ccc(F)cc3)c2)n1.I. The van der Waals surface area contributed by atoms with Crippen molar-refractivity contribution in [3.63, 3.8) is 0 Å². The van der Waals surface area contributed by atoms with Gasteiger partial charge in [-0.25, -0.2) is 4.39 Å². The lowest BCUT2D eigenvalue weighted by Gasteiger charge is -2.12. The third-order valence-electron chi connectivity index (χ3n) is 4.17. The highest BCUT2D eigenvalue weighted by molar-refractivity contribution is 14.0. The Kier molecular flexibility index (Phi) is 9.04. The Labute approximate surface area is 187 Å². The molecule has 1 heterocycles. The third kappa shape index (κ3) is 6.81. The summed E-state index contributed by atoms with van der Waals surface area (Å²) in [5.74, 6) is 1.68. The smallest absolute Gasteiger partial charge is 0.257 e. The molecule has 8 heteroatoms. The van der Waals surface area contributed by atoms with Crippen molar-refractivity contribution in [1.29, 1.82) is 0 Å². The first-order valence-electron chi connectivity index (χ1n) is 9.28. The van der Waals surface area contributed by atoms with Gasteiger partial charge in [0.05, 0.1) is 0 Å². The van der Waals surface area contributed by atoms with Crippen LogP contribution in [0.5, 0.6) is 0 Å². The van der Waals surface area contributed by atoms with E-state index in [-0.39, 0.29) is 29.8 Å². The van der Waals surface area contributed by atoms with E-state index in [0.29, 0.717) is 24.9 Å². The number of aliphatic imine (C=N–C) groups is 1. The van der Waals surface area contributed by atoms with E-state index in [1.54, 1.807) is 19.2 Å². The van der Waals surface area contributed by atoms with Gasteiger partial charge in [0.25, 0.3) is 5.89 Å². The minimum Gasteiger partial charge on any atom is -0.352 e. The van der Waals surface area contributed by atoms with Gasteiger partial charge < -0.3 is 15.2 Å². The molecule has 0 aliphatic carbocycles. The molecule has 0 spiro atoms. The molecule has 0 radical (unpaired) electrons. The Morgan fingerprint density at radius 1 is 1.07 bits per heavy atom. The van der Waals surface area contributed by atoms with E-state index < -0.39 is 0 Å². The fourth-order valence-electron chi connectivity index (χ4n) is 2.71. The number of hydrogen-bond acceptors (Lipinski definition) is 4. The van der Waals surface area contributed by atoms with Gasteiger partial charge in [0.15, 0.2) is 11.8 Å². The summed E-state index contributed by atoms with van der Waals surface area (Å²) in [6, 6.07) is 14.3. The first kappa shape index (κ1) is 22.8. The second-order valence-corrected chi connectivity index (χ2v) is 6.37. The Balaban J connectivity index is 0.00000300. The minimum atomic E-state index is -0.241. The molecule has 6 nitrogen and oxygen atoms in total. The van der Waals surface area contributed by atoms with Crippen molar-refractivity contribution >= 4 is 29.9 Å². The number of guanidine groups is 1. The first-order chi connectivity index (χ1) is 13.7. The fourth-order valence-corrected chi connectivity index (χ4v) is 2.71. The number of nitrogens with one attached hydrogen (secondary N) is 2. The molecule has 154 valence electrons. The number of rotatable bonds is 7. The van der Waals surface area contributed by atoms with Gasteiger partial charge in [-0.05, 0) is 41.8 Å². The van der Waals surface area contributed by atoms with Gasteiger partial charge in [-0.2, -0.15) is 4.98 Å². The number of nitrogens with zero attached hydrogens (tertiary/aromatic N) is 3. The van der Waals surface area contributed by atoms with Crippen LogP contribution in [0.1, 0.15) is 30.3 Å². The molecule has 0 unspecified atom stereocenters. The summed E-state index contributed by atoms with van der Waals surface area (Å²) < 4.78 is 18.3. The van der Waals surface area contributed by atoms with E-state index in [4.69, 9.17) is 4.52 Å². The highest BCUT2D eigenvalue weighted by atomic mass is 127. The molecule has 0 atom stereocenters. The van der Waals surface area contributed by atoms with Gasteiger partial charge in [0.1, 0.15) is 5.82 Å². The minimum absolute atomic E-state index is 0. The molecule has 2 N–H and O–H groups in total. The van der Waals surface area contributed by atoms with Gasteiger partial charge in [0.2, 0.25) is 0 Å². The Hall–Kier alpha value is -2.49. The molecular formula is C21H25FIN5O. The summed E-state index contributed by atoms with van der Waals surface area (Å²) in [7, 11) is 1.71.